The Morgan fingerprint density at radius 1 is 1.11 bits per heavy atom. The summed E-state index contributed by atoms with van der Waals surface area (Å²) in [5.74, 6) is 1.96. The Hall–Kier alpha value is -1.26. The normalized spacial score (nSPS) is 10.8. The van der Waals surface area contributed by atoms with Gasteiger partial charge in [-0.25, -0.2) is 0 Å². The third-order valence-electron chi connectivity index (χ3n) is 2.74. The van der Waals surface area contributed by atoms with Crippen LogP contribution >= 0.6 is 0 Å². The molecule has 0 atom stereocenters. The van der Waals surface area contributed by atoms with Crippen molar-refractivity contribution in [2.45, 2.75) is 26.9 Å². The van der Waals surface area contributed by atoms with Crippen LogP contribution in [0.3, 0.4) is 0 Å². The predicted molar refractivity (Wildman–Crippen MR) is 74.7 cm³/mol. The molecule has 0 amide bonds. The Bertz CT molecular complexity index is 363. The number of methoxy groups -OCH3 is 1. The number of ether oxygens (including phenoxy) is 3. The number of hydrogen-bond donors (Lipinski definition) is 1. The van der Waals surface area contributed by atoms with Gasteiger partial charge in [-0.15, -0.1) is 0 Å². The van der Waals surface area contributed by atoms with Crippen molar-refractivity contribution in [3.63, 3.8) is 0 Å². The Balaban J connectivity index is 2.35. The quantitative estimate of drug-likeness (QED) is 0.699. The fraction of sp³-hybridized carbons (Fsp3) is 0.600. The molecule has 1 N–H and O–H groups in total. The molecular weight excluding hydrogens is 244 g/mol. The minimum atomic E-state index is -0.00869. The summed E-state index contributed by atoms with van der Waals surface area (Å²) in [6.45, 7) is 6.12. The lowest BCUT2D eigenvalue weighted by Gasteiger charge is -2.12. The van der Waals surface area contributed by atoms with Crippen LogP contribution in [0.2, 0.25) is 0 Å². The summed E-state index contributed by atoms with van der Waals surface area (Å²) < 4.78 is 16.3. The highest BCUT2D eigenvalue weighted by molar-refractivity contribution is 5.42. The molecule has 1 aromatic rings. The summed E-state index contributed by atoms with van der Waals surface area (Å²) in [4.78, 5) is 0. The van der Waals surface area contributed by atoms with Gasteiger partial charge in [0.1, 0.15) is 6.61 Å². The molecule has 0 saturated heterocycles. The molecule has 0 heterocycles. The fourth-order valence-corrected chi connectivity index (χ4v) is 1.56. The molecule has 1 aromatic carbocycles. The second kappa shape index (κ2) is 8.77. The van der Waals surface area contributed by atoms with E-state index in [9.17, 15) is 0 Å². The second-order valence-corrected chi connectivity index (χ2v) is 4.79. The van der Waals surface area contributed by atoms with Crippen molar-refractivity contribution in [1.82, 2.24) is 0 Å². The highest BCUT2D eigenvalue weighted by Crippen LogP contribution is 2.27. The molecule has 0 spiro atoms. The third-order valence-corrected chi connectivity index (χ3v) is 2.74. The smallest absolute Gasteiger partial charge is 0.161 e. The second-order valence-electron chi connectivity index (χ2n) is 4.79. The zero-order valence-electron chi connectivity index (χ0n) is 12.0. The first-order valence-electron chi connectivity index (χ1n) is 6.65. The minimum Gasteiger partial charge on any atom is -0.493 e. The largest absolute Gasteiger partial charge is 0.493 e. The molecule has 0 fully saturated rings. The fourth-order valence-electron chi connectivity index (χ4n) is 1.56. The van der Waals surface area contributed by atoms with Crippen molar-refractivity contribution in [3.05, 3.63) is 23.8 Å². The van der Waals surface area contributed by atoms with Crippen LogP contribution in [0.15, 0.2) is 18.2 Å². The summed E-state index contributed by atoms with van der Waals surface area (Å²) in [5.41, 5.74) is 0.802. The lowest BCUT2D eigenvalue weighted by molar-refractivity contribution is 0.0915. The topological polar surface area (TPSA) is 47.9 Å². The maximum atomic E-state index is 9.10. The molecule has 0 saturated carbocycles. The van der Waals surface area contributed by atoms with Gasteiger partial charge < -0.3 is 19.3 Å². The molecule has 0 unspecified atom stereocenters. The zero-order chi connectivity index (χ0) is 14.1. The molecule has 0 radical (unpaired) electrons. The first kappa shape index (κ1) is 15.8. The summed E-state index contributed by atoms with van der Waals surface area (Å²) in [6.07, 6.45) is 1.06. The number of hydrogen-bond acceptors (Lipinski definition) is 4. The highest BCUT2D eigenvalue weighted by Gasteiger charge is 2.05. The molecular formula is C15H24O4. The molecule has 4 nitrogen and oxygen atoms in total. The molecule has 1 rings (SSSR count). The van der Waals surface area contributed by atoms with E-state index in [-0.39, 0.29) is 6.61 Å². The average molecular weight is 268 g/mol. The van der Waals surface area contributed by atoms with E-state index in [1.165, 1.54) is 0 Å². The van der Waals surface area contributed by atoms with Crippen LogP contribution < -0.4 is 9.47 Å². The summed E-state index contributed by atoms with van der Waals surface area (Å²) >= 11 is 0. The van der Waals surface area contributed by atoms with Crippen LogP contribution in [0.25, 0.3) is 0 Å². The van der Waals surface area contributed by atoms with Gasteiger partial charge >= 0.3 is 0 Å². The van der Waals surface area contributed by atoms with E-state index in [1.807, 2.05) is 6.07 Å². The van der Waals surface area contributed by atoms with Crippen LogP contribution in [0.5, 0.6) is 11.5 Å². The molecule has 0 aromatic heterocycles. The van der Waals surface area contributed by atoms with E-state index in [0.717, 1.165) is 18.6 Å². The average Bonchev–Trinajstić information content (AvgIpc) is 2.42. The van der Waals surface area contributed by atoms with Gasteiger partial charge in [0.15, 0.2) is 11.5 Å². The van der Waals surface area contributed by atoms with Crippen LogP contribution in [0.4, 0.5) is 0 Å². The zero-order valence-corrected chi connectivity index (χ0v) is 12.0. The maximum absolute atomic E-state index is 9.10. The van der Waals surface area contributed by atoms with E-state index >= 15 is 0 Å². The molecule has 19 heavy (non-hydrogen) atoms. The molecule has 0 bridgehead atoms. The SMILES string of the molecule is COc1ccc(CO)cc1OCCOCCC(C)C. The first-order chi connectivity index (χ1) is 9.17. The van der Waals surface area contributed by atoms with E-state index < -0.39 is 0 Å². The molecule has 108 valence electrons. The van der Waals surface area contributed by atoms with Gasteiger partial charge in [-0.2, -0.15) is 0 Å². The van der Waals surface area contributed by atoms with Crippen LogP contribution in [-0.4, -0.2) is 32.0 Å². The Labute approximate surface area is 115 Å². The third kappa shape index (κ3) is 5.94. The first-order valence-corrected chi connectivity index (χ1v) is 6.65. The summed E-state index contributed by atoms with van der Waals surface area (Å²) in [7, 11) is 1.60. The van der Waals surface area contributed by atoms with Crippen LogP contribution in [-0.2, 0) is 11.3 Å². The minimum absolute atomic E-state index is 0.00869. The van der Waals surface area contributed by atoms with Crippen LogP contribution in [0.1, 0.15) is 25.8 Å². The number of aliphatic hydroxyl groups is 1. The predicted octanol–water partition coefficient (Wildman–Crippen LogP) is 2.63. The number of rotatable bonds is 9. The molecule has 0 aliphatic heterocycles. The van der Waals surface area contributed by atoms with Crippen molar-refractivity contribution in [2.75, 3.05) is 26.9 Å². The molecule has 4 heteroatoms. The highest BCUT2D eigenvalue weighted by atomic mass is 16.5. The summed E-state index contributed by atoms with van der Waals surface area (Å²) in [6, 6.07) is 5.39. The monoisotopic (exact) mass is 268 g/mol. The van der Waals surface area contributed by atoms with E-state index in [0.29, 0.717) is 30.6 Å². The van der Waals surface area contributed by atoms with Gasteiger partial charge in [0.05, 0.1) is 20.3 Å². The molecule has 0 aliphatic carbocycles. The van der Waals surface area contributed by atoms with Gasteiger partial charge in [0.2, 0.25) is 0 Å². The lowest BCUT2D eigenvalue weighted by Crippen LogP contribution is -2.09. The summed E-state index contributed by atoms with van der Waals surface area (Å²) in [5, 5.41) is 9.10. The van der Waals surface area contributed by atoms with Gasteiger partial charge in [-0.1, -0.05) is 19.9 Å². The lowest BCUT2D eigenvalue weighted by atomic mass is 10.1. The van der Waals surface area contributed by atoms with Crippen molar-refractivity contribution in [1.29, 1.82) is 0 Å². The number of aliphatic hydroxyl groups excluding tert-OH is 1. The van der Waals surface area contributed by atoms with Gasteiger partial charge in [-0.3, -0.25) is 0 Å². The maximum Gasteiger partial charge on any atom is 0.161 e. The Morgan fingerprint density at radius 3 is 2.53 bits per heavy atom. The van der Waals surface area contributed by atoms with Crippen LogP contribution in [0, 0.1) is 5.92 Å². The van der Waals surface area contributed by atoms with Crippen molar-refractivity contribution in [2.24, 2.45) is 5.92 Å². The van der Waals surface area contributed by atoms with Gasteiger partial charge in [0.25, 0.3) is 0 Å². The van der Waals surface area contributed by atoms with Crippen molar-refractivity contribution >= 4 is 0 Å². The Kier molecular flexibility index (Phi) is 7.30. The van der Waals surface area contributed by atoms with E-state index in [1.54, 1.807) is 19.2 Å². The number of benzene rings is 1. The van der Waals surface area contributed by atoms with E-state index in [2.05, 4.69) is 13.8 Å². The molecule has 0 aliphatic rings. The Morgan fingerprint density at radius 2 is 1.89 bits per heavy atom. The van der Waals surface area contributed by atoms with Gasteiger partial charge in [-0.05, 0) is 30.0 Å². The van der Waals surface area contributed by atoms with E-state index in [4.69, 9.17) is 19.3 Å². The van der Waals surface area contributed by atoms with Gasteiger partial charge in [0, 0.05) is 6.61 Å². The van der Waals surface area contributed by atoms with Crippen molar-refractivity contribution in [3.8, 4) is 11.5 Å². The standard InChI is InChI=1S/C15H24O4/c1-12(2)6-7-18-8-9-19-15-10-13(11-16)4-5-14(15)17-3/h4-5,10,12,16H,6-9,11H2,1-3H3. The van der Waals surface area contributed by atoms with Crippen molar-refractivity contribution < 1.29 is 19.3 Å².